The summed E-state index contributed by atoms with van der Waals surface area (Å²) in [6.45, 7) is 8.18. The highest BCUT2D eigenvalue weighted by molar-refractivity contribution is 14.0. The Morgan fingerprint density at radius 2 is 1.90 bits per heavy atom. The van der Waals surface area contributed by atoms with Gasteiger partial charge in [-0.2, -0.15) is 0 Å². The van der Waals surface area contributed by atoms with E-state index in [2.05, 4.69) is 17.1 Å². The highest BCUT2D eigenvalue weighted by Crippen LogP contribution is 2.38. The zero-order valence-corrected chi connectivity index (χ0v) is 20.1. The number of likely N-dealkylation sites (tertiary alicyclic amines) is 1. The van der Waals surface area contributed by atoms with Gasteiger partial charge < -0.3 is 29.2 Å². The van der Waals surface area contributed by atoms with Gasteiger partial charge in [-0.25, -0.2) is 0 Å². The number of nitrogens with one attached hydrogen (secondary N) is 1. The van der Waals surface area contributed by atoms with Crippen LogP contribution < -0.4 is 19.5 Å². The van der Waals surface area contributed by atoms with Gasteiger partial charge in [0.05, 0.1) is 27.4 Å². The minimum Gasteiger partial charge on any atom is -0.496 e. The molecule has 0 amide bonds. The van der Waals surface area contributed by atoms with Crippen molar-refractivity contribution >= 4 is 29.9 Å². The Bertz CT molecular complexity index is 643. The van der Waals surface area contributed by atoms with E-state index in [1.807, 2.05) is 18.2 Å². The lowest BCUT2D eigenvalue weighted by atomic mass is 9.87. The number of halogens is 1. The highest BCUT2D eigenvalue weighted by Gasteiger charge is 2.42. The van der Waals surface area contributed by atoms with Crippen LogP contribution in [0.2, 0.25) is 0 Å². The first-order valence-corrected chi connectivity index (χ1v) is 10.1. The maximum absolute atomic E-state index is 5.85. The van der Waals surface area contributed by atoms with Crippen LogP contribution in [0.5, 0.6) is 17.2 Å². The van der Waals surface area contributed by atoms with E-state index in [-0.39, 0.29) is 24.0 Å². The fourth-order valence-electron chi connectivity index (χ4n) is 3.82. The lowest BCUT2D eigenvalue weighted by Gasteiger charge is -2.25. The van der Waals surface area contributed by atoms with Crippen LogP contribution in [0.25, 0.3) is 0 Å². The van der Waals surface area contributed by atoms with Crippen molar-refractivity contribution in [2.45, 2.75) is 26.2 Å². The lowest BCUT2D eigenvalue weighted by molar-refractivity contribution is 0.156. The molecule has 1 aromatic rings. The molecule has 1 atom stereocenters. The molecule has 164 valence electrons. The molecule has 8 heteroatoms. The normalized spacial score (nSPS) is 21.2. The monoisotopic (exact) mass is 519 g/mol. The first kappa shape index (κ1) is 23.9. The topological polar surface area (TPSA) is 64.6 Å². The fraction of sp³-hybridized carbons (Fsp3) is 0.667. The van der Waals surface area contributed by atoms with Crippen molar-refractivity contribution in [3.8, 4) is 17.2 Å². The number of benzene rings is 1. The summed E-state index contributed by atoms with van der Waals surface area (Å²) >= 11 is 0. The van der Waals surface area contributed by atoms with Gasteiger partial charge in [-0.1, -0.05) is 0 Å². The molecule has 0 aliphatic carbocycles. The second-order valence-corrected chi connectivity index (χ2v) is 7.46. The van der Waals surface area contributed by atoms with E-state index in [4.69, 9.17) is 23.9 Å². The maximum atomic E-state index is 5.85. The number of aliphatic imine (C=N–C) groups is 1. The Hall–Kier alpha value is -1.42. The van der Waals surface area contributed by atoms with Crippen LogP contribution in [-0.4, -0.2) is 71.1 Å². The van der Waals surface area contributed by atoms with E-state index < -0.39 is 0 Å². The van der Waals surface area contributed by atoms with E-state index >= 15 is 0 Å². The predicted octanol–water partition coefficient (Wildman–Crippen LogP) is 3.17. The molecule has 1 N–H and O–H groups in total. The quantitative estimate of drug-likeness (QED) is 0.247. The number of nitrogens with zero attached hydrogens (tertiary/aromatic N) is 2. The molecule has 2 aliphatic rings. The minimum atomic E-state index is 0. The van der Waals surface area contributed by atoms with Crippen molar-refractivity contribution in [1.29, 1.82) is 0 Å². The van der Waals surface area contributed by atoms with Crippen molar-refractivity contribution in [2.24, 2.45) is 10.4 Å². The molecular weight excluding hydrogens is 485 g/mol. The number of guanidine groups is 1. The molecule has 0 aromatic heterocycles. The second kappa shape index (κ2) is 11.7. The molecule has 7 nitrogen and oxygen atoms in total. The molecule has 0 saturated carbocycles. The standard InChI is InChI=1S/C21H33N3O4.HI/c1-4-22-20(24-9-6-21(15-24)7-11-27-16-21)23-8-5-10-28-19-13-17(25-2)12-18(14-19)26-3;/h12-14H,4-11,15-16H2,1-3H3,(H,22,23);1H. The van der Waals surface area contributed by atoms with Gasteiger partial charge in [0.25, 0.3) is 0 Å². The van der Waals surface area contributed by atoms with Crippen molar-refractivity contribution in [1.82, 2.24) is 10.2 Å². The summed E-state index contributed by atoms with van der Waals surface area (Å²) in [7, 11) is 3.27. The number of methoxy groups -OCH3 is 2. The molecule has 2 fully saturated rings. The van der Waals surface area contributed by atoms with E-state index in [0.717, 1.165) is 69.0 Å². The second-order valence-electron chi connectivity index (χ2n) is 7.46. The average Bonchev–Trinajstić information content (AvgIpc) is 3.36. The molecule has 2 saturated heterocycles. The minimum absolute atomic E-state index is 0. The molecule has 1 unspecified atom stereocenters. The molecule has 1 aromatic carbocycles. The molecule has 2 heterocycles. The van der Waals surface area contributed by atoms with Crippen molar-refractivity contribution in [3.05, 3.63) is 18.2 Å². The van der Waals surface area contributed by atoms with Gasteiger partial charge in [0.1, 0.15) is 17.2 Å². The van der Waals surface area contributed by atoms with Gasteiger partial charge in [-0.05, 0) is 19.8 Å². The molecule has 29 heavy (non-hydrogen) atoms. The first-order valence-electron chi connectivity index (χ1n) is 10.1. The summed E-state index contributed by atoms with van der Waals surface area (Å²) in [6.07, 6.45) is 3.20. The van der Waals surface area contributed by atoms with Gasteiger partial charge in [0, 0.05) is 62.8 Å². The Morgan fingerprint density at radius 3 is 2.52 bits per heavy atom. The zero-order chi connectivity index (χ0) is 19.8. The van der Waals surface area contributed by atoms with E-state index in [9.17, 15) is 0 Å². The SMILES string of the molecule is CCNC(=NCCCOc1cc(OC)cc(OC)c1)N1CCC2(CCOC2)C1.I. The maximum Gasteiger partial charge on any atom is 0.193 e. The summed E-state index contributed by atoms with van der Waals surface area (Å²) in [5.74, 6) is 3.20. The van der Waals surface area contributed by atoms with Crippen LogP contribution >= 0.6 is 24.0 Å². The van der Waals surface area contributed by atoms with Crippen molar-refractivity contribution < 1.29 is 18.9 Å². The van der Waals surface area contributed by atoms with Crippen LogP contribution in [0.3, 0.4) is 0 Å². The largest absolute Gasteiger partial charge is 0.496 e. The van der Waals surface area contributed by atoms with Gasteiger partial charge in [0.2, 0.25) is 0 Å². The Labute approximate surface area is 191 Å². The lowest BCUT2D eigenvalue weighted by Crippen LogP contribution is -2.41. The van der Waals surface area contributed by atoms with Crippen molar-refractivity contribution in [3.63, 3.8) is 0 Å². The fourth-order valence-corrected chi connectivity index (χ4v) is 3.82. The van der Waals surface area contributed by atoms with Crippen LogP contribution in [0.1, 0.15) is 26.2 Å². The summed E-state index contributed by atoms with van der Waals surface area (Å²) < 4.78 is 22.0. The van der Waals surface area contributed by atoms with Crippen molar-refractivity contribution in [2.75, 3.05) is 60.2 Å². The Balaban J connectivity index is 0.00000300. The highest BCUT2D eigenvalue weighted by atomic mass is 127. The van der Waals surface area contributed by atoms with E-state index in [1.165, 1.54) is 12.8 Å². The average molecular weight is 519 g/mol. The number of hydrogen-bond acceptors (Lipinski definition) is 5. The number of ether oxygens (including phenoxy) is 4. The molecule has 1 spiro atoms. The Kier molecular flexibility index (Phi) is 9.61. The van der Waals surface area contributed by atoms with Crippen LogP contribution in [0, 0.1) is 5.41 Å². The predicted molar refractivity (Wildman–Crippen MR) is 125 cm³/mol. The molecule has 0 bridgehead atoms. The third-order valence-corrected chi connectivity index (χ3v) is 5.42. The third kappa shape index (κ3) is 6.53. The van der Waals surface area contributed by atoms with E-state index in [0.29, 0.717) is 12.0 Å². The van der Waals surface area contributed by atoms with Crippen LogP contribution in [0.15, 0.2) is 23.2 Å². The third-order valence-electron chi connectivity index (χ3n) is 5.42. The van der Waals surface area contributed by atoms with Crippen LogP contribution in [0.4, 0.5) is 0 Å². The summed E-state index contributed by atoms with van der Waals surface area (Å²) in [4.78, 5) is 7.19. The van der Waals surface area contributed by atoms with Gasteiger partial charge in [-0.15, -0.1) is 24.0 Å². The first-order chi connectivity index (χ1) is 13.7. The van der Waals surface area contributed by atoms with Gasteiger partial charge in [-0.3, -0.25) is 4.99 Å². The summed E-state index contributed by atoms with van der Waals surface area (Å²) in [5.41, 5.74) is 0.338. The van der Waals surface area contributed by atoms with E-state index in [1.54, 1.807) is 14.2 Å². The molecular formula is C21H34IN3O4. The molecule has 2 aliphatic heterocycles. The van der Waals surface area contributed by atoms with Gasteiger partial charge in [0.15, 0.2) is 5.96 Å². The molecule has 0 radical (unpaired) electrons. The number of rotatable bonds is 8. The van der Waals surface area contributed by atoms with Crippen LogP contribution in [-0.2, 0) is 4.74 Å². The zero-order valence-electron chi connectivity index (χ0n) is 17.7. The molecule has 3 rings (SSSR count). The van der Waals surface area contributed by atoms with Gasteiger partial charge >= 0.3 is 0 Å². The smallest absolute Gasteiger partial charge is 0.193 e. The summed E-state index contributed by atoms with van der Waals surface area (Å²) in [5, 5.41) is 3.43. The summed E-state index contributed by atoms with van der Waals surface area (Å²) in [6, 6.07) is 5.56. The Morgan fingerprint density at radius 1 is 1.17 bits per heavy atom. The number of hydrogen-bond donors (Lipinski definition) is 1.